The fourth-order valence-electron chi connectivity index (χ4n) is 4.15. The molecule has 1 fully saturated rings. The normalized spacial score (nSPS) is 16.4. The van der Waals surface area contributed by atoms with Crippen LogP contribution in [0.15, 0.2) is 58.2 Å². The van der Waals surface area contributed by atoms with Crippen LogP contribution >= 0.6 is 0 Å². The number of aromatic nitrogens is 1. The lowest BCUT2D eigenvalue weighted by atomic mass is 10.0. The predicted octanol–water partition coefficient (Wildman–Crippen LogP) is 3.22. The number of hydrogen-bond donors (Lipinski definition) is 1. The molecular weight excluding hydrogens is 398 g/mol. The Bertz CT molecular complexity index is 1220. The van der Waals surface area contributed by atoms with Gasteiger partial charge in [0, 0.05) is 30.2 Å². The molecule has 1 aromatic heterocycles. The Kier molecular flexibility index (Phi) is 5.53. The van der Waals surface area contributed by atoms with Crippen LogP contribution in [-0.4, -0.2) is 55.8 Å². The molecule has 0 atom stereocenters. The monoisotopic (exact) mass is 425 g/mol. The first-order chi connectivity index (χ1) is 14.3. The van der Waals surface area contributed by atoms with E-state index >= 15 is 0 Å². The average Bonchev–Trinajstić information content (AvgIpc) is 2.74. The summed E-state index contributed by atoms with van der Waals surface area (Å²) in [5, 5.41) is 1.55. The number of piperidine rings is 1. The summed E-state index contributed by atoms with van der Waals surface area (Å²) in [5.41, 5.74) is 2.34. The van der Waals surface area contributed by atoms with Crippen LogP contribution in [0.4, 0.5) is 0 Å². The van der Waals surface area contributed by atoms with Crippen molar-refractivity contribution >= 4 is 20.8 Å². The van der Waals surface area contributed by atoms with Crippen LogP contribution in [0.3, 0.4) is 0 Å². The Morgan fingerprint density at radius 2 is 1.67 bits per heavy atom. The third-order valence-electron chi connectivity index (χ3n) is 6.06. The molecule has 1 saturated heterocycles. The molecular formula is C23H27N3O3S. The number of nitrogens with zero attached hydrogens (tertiary/aromatic N) is 2. The number of sulfonamides is 1. The van der Waals surface area contributed by atoms with E-state index in [0.29, 0.717) is 30.2 Å². The molecule has 0 spiro atoms. The summed E-state index contributed by atoms with van der Waals surface area (Å²) >= 11 is 0. The quantitative estimate of drug-likeness (QED) is 0.697. The summed E-state index contributed by atoms with van der Waals surface area (Å²) < 4.78 is 27.7. The van der Waals surface area contributed by atoms with Crippen molar-refractivity contribution in [2.75, 3.05) is 27.2 Å². The van der Waals surface area contributed by atoms with Gasteiger partial charge in [0.25, 0.3) is 5.56 Å². The number of pyridine rings is 1. The molecule has 0 amide bonds. The number of hydrogen-bond acceptors (Lipinski definition) is 4. The zero-order valence-electron chi connectivity index (χ0n) is 17.6. The van der Waals surface area contributed by atoms with E-state index in [2.05, 4.69) is 9.88 Å². The van der Waals surface area contributed by atoms with Crippen LogP contribution in [0.25, 0.3) is 22.0 Å². The summed E-state index contributed by atoms with van der Waals surface area (Å²) in [6.07, 6.45) is 1.67. The molecule has 158 valence electrons. The largest absolute Gasteiger partial charge is 0.321 e. The first-order valence-corrected chi connectivity index (χ1v) is 11.6. The molecule has 0 aliphatic carbocycles. The first kappa shape index (κ1) is 20.8. The molecule has 0 radical (unpaired) electrons. The van der Waals surface area contributed by atoms with E-state index < -0.39 is 10.0 Å². The van der Waals surface area contributed by atoms with Crippen LogP contribution < -0.4 is 5.56 Å². The zero-order chi connectivity index (χ0) is 21.5. The van der Waals surface area contributed by atoms with E-state index in [1.807, 2.05) is 39.2 Å². The van der Waals surface area contributed by atoms with Gasteiger partial charge in [-0.3, -0.25) is 4.79 Å². The average molecular weight is 426 g/mol. The molecule has 30 heavy (non-hydrogen) atoms. The summed E-state index contributed by atoms with van der Waals surface area (Å²) in [4.78, 5) is 17.8. The molecule has 3 aromatic rings. The molecule has 1 aliphatic heterocycles. The third kappa shape index (κ3) is 3.80. The highest BCUT2D eigenvalue weighted by Crippen LogP contribution is 2.26. The molecule has 2 aromatic carbocycles. The number of benzene rings is 2. The highest BCUT2D eigenvalue weighted by Gasteiger charge is 2.30. The number of aryl methyl sites for hydroxylation is 1. The van der Waals surface area contributed by atoms with Crippen LogP contribution in [0, 0.1) is 6.92 Å². The Morgan fingerprint density at radius 1 is 1.00 bits per heavy atom. The maximum Gasteiger partial charge on any atom is 0.256 e. The maximum atomic E-state index is 13.0. The lowest BCUT2D eigenvalue weighted by molar-refractivity contribution is 0.196. The van der Waals surface area contributed by atoms with Gasteiger partial charge in [-0.15, -0.1) is 0 Å². The molecule has 0 unspecified atom stereocenters. The number of rotatable bonds is 4. The van der Waals surface area contributed by atoms with E-state index in [1.54, 1.807) is 34.6 Å². The van der Waals surface area contributed by atoms with Gasteiger partial charge in [-0.2, -0.15) is 4.31 Å². The van der Waals surface area contributed by atoms with E-state index in [4.69, 9.17) is 0 Å². The summed E-state index contributed by atoms with van der Waals surface area (Å²) in [5.74, 6) is 0. The van der Waals surface area contributed by atoms with E-state index in [0.717, 1.165) is 29.4 Å². The van der Waals surface area contributed by atoms with Crippen molar-refractivity contribution < 1.29 is 8.42 Å². The van der Waals surface area contributed by atoms with Crippen molar-refractivity contribution in [1.29, 1.82) is 0 Å². The second kappa shape index (κ2) is 7.98. The van der Waals surface area contributed by atoms with Crippen molar-refractivity contribution in [3.8, 4) is 11.3 Å². The standard InChI is InChI=1S/C23H27N3O3S/c1-16-5-4-6-20-21(16)15-22(24-23(20)27)17-7-9-19(10-8-17)30(28,29)26-13-11-18(12-14-26)25(2)3/h4-10,15,18H,11-14H2,1-3H3,(H,24,27). The maximum absolute atomic E-state index is 13.0. The minimum Gasteiger partial charge on any atom is -0.321 e. The predicted molar refractivity (Wildman–Crippen MR) is 120 cm³/mol. The smallest absolute Gasteiger partial charge is 0.256 e. The van der Waals surface area contributed by atoms with Crippen LogP contribution in [-0.2, 0) is 10.0 Å². The van der Waals surface area contributed by atoms with Crippen LogP contribution in [0.2, 0.25) is 0 Å². The van der Waals surface area contributed by atoms with Crippen LogP contribution in [0.5, 0.6) is 0 Å². The topological polar surface area (TPSA) is 73.5 Å². The number of fused-ring (bicyclic) bond motifs is 1. The molecule has 0 saturated carbocycles. The molecule has 6 nitrogen and oxygen atoms in total. The Labute approximate surface area is 177 Å². The van der Waals surface area contributed by atoms with Gasteiger partial charge in [0.2, 0.25) is 10.0 Å². The van der Waals surface area contributed by atoms with E-state index in [-0.39, 0.29) is 10.5 Å². The van der Waals surface area contributed by atoms with Gasteiger partial charge in [-0.1, -0.05) is 24.3 Å². The van der Waals surface area contributed by atoms with Gasteiger partial charge in [0.05, 0.1) is 4.90 Å². The molecule has 1 N–H and O–H groups in total. The number of H-pyrrole nitrogens is 1. The van der Waals surface area contributed by atoms with Crippen LogP contribution in [0.1, 0.15) is 18.4 Å². The lowest BCUT2D eigenvalue weighted by Crippen LogP contribution is -2.44. The summed E-state index contributed by atoms with van der Waals surface area (Å²) in [6.45, 7) is 3.04. The Hall–Kier alpha value is -2.48. The lowest BCUT2D eigenvalue weighted by Gasteiger charge is -2.34. The Morgan fingerprint density at radius 3 is 2.30 bits per heavy atom. The van der Waals surface area contributed by atoms with E-state index in [1.165, 1.54) is 0 Å². The fourth-order valence-corrected chi connectivity index (χ4v) is 5.62. The number of aromatic amines is 1. The minimum atomic E-state index is -3.52. The van der Waals surface area contributed by atoms with Gasteiger partial charge in [0.1, 0.15) is 0 Å². The van der Waals surface area contributed by atoms with Gasteiger partial charge >= 0.3 is 0 Å². The first-order valence-electron chi connectivity index (χ1n) is 10.2. The molecule has 2 heterocycles. The van der Waals surface area contributed by atoms with Gasteiger partial charge in [-0.25, -0.2) is 8.42 Å². The van der Waals surface area contributed by atoms with Crippen molar-refractivity contribution in [2.24, 2.45) is 0 Å². The van der Waals surface area contributed by atoms with Gasteiger partial charge in [0.15, 0.2) is 0 Å². The van der Waals surface area contributed by atoms with Crippen molar-refractivity contribution in [3.05, 3.63) is 64.4 Å². The van der Waals surface area contributed by atoms with Crippen molar-refractivity contribution in [3.63, 3.8) is 0 Å². The van der Waals surface area contributed by atoms with Gasteiger partial charge < -0.3 is 9.88 Å². The molecule has 4 rings (SSSR count). The SMILES string of the molecule is Cc1cccc2c(=O)[nH]c(-c3ccc(S(=O)(=O)N4CCC(N(C)C)CC4)cc3)cc12. The van der Waals surface area contributed by atoms with E-state index in [9.17, 15) is 13.2 Å². The van der Waals surface area contributed by atoms with Crippen molar-refractivity contribution in [2.45, 2.75) is 30.7 Å². The summed E-state index contributed by atoms with van der Waals surface area (Å²) in [6, 6.07) is 14.8. The second-order valence-corrected chi connectivity index (χ2v) is 10.1. The molecule has 0 bridgehead atoms. The Balaban J connectivity index is 1.61. The van der Waals surface area contributed by atoms with Gasteiger partial charge in [-0.05, 0) is 74.6 Å². The number of nitrogens with one attached hydrogen (secondary N) is 1. The third-order valence-corrected chi connectivity index (χ3v) is 7.98. The fraction of sp³-hybridized carbons (Fsp3) is 0.348. The molecule has 7 heteroatoms. The zero-order valence-corrected chi connectivity index (χ0v) is 18.4. The van der Waals surface area contributed by atoms with Crippen molar-refractivity contribution in [1.82, 2.24) is 14.2 Å². The minimum absolute atomic E-state index is 0.147. The molecule has 1 aliphatic rings. The highest BCUT2D eigenvalue weighted by atomic mass is 32.2. The highest BCUT2D eigenvalue weighted by molar-refractivity contribution is 7.89. The second-order valence-electron chi connectivity index (χ2n) is 8.17. The summed E-state index contributed by atoms with van der Waals surface area (Å²) in [7, 11) is 0.551.